The van der Waals surface area contributed by atoms with Gasteiger partial charge in [-0.2, -0.15) is 0 Å². The van der Waals surface area contributed by atoms with Gasteiger partial charge in [0.05, 0.1) is 12.8 Å². The van der Waals surface area contributed by atoms with Gasteiger partial charge >= 0.3 is 6.03 Å². The Labute approximate surface area is 166 Å². The van der Waals surface area contributed by atoms with Crippen molar-refractivity contribution in [3.63, 3.8) is 0 Å². The maximum absolute atomic E-state index is 12.8. The van der Waals surface area contributed by atoms with Crippen molar-refractivity contribution in [1.29, 1.82) is 0 Å². The Morgan fingerprint density at radius 3 is 2.54 bits per heavy atom. The van der Waals surface area contributed by atoms with Gasteiger partial charge < -0.3 is 19.5 Å². The van der Waals surface area contributed by atoms with E-state index in [9.17, 15) is 4.79 Å². The van der Waals surface area contributed by atoms with Gasteiger partial charge in [0.2, 0.25) is 0 Å². The van der Waals surface area contributed by atoms with Crippen molar-refractivity contribution in [2.75, 3.05) is 26.2 Å². The summed E-state index contributed by atoms with van der Waals surface area (Å²) in [5.74, 6) is 0.976. The van der Waals surface area contributed by atoms with Gasteiger partial charge in [0.15, 0.2) is 0 Å². The zero-order valence-corrected chi connectivity index (χ0v) is 16.4. The van der Waals surface area contributed by atoms with Gasteiger partial charge in [-0.1, -0.05) is 24.3 Å². The van der Waals surface area contributed by atoms with E-state index in [1.807, 2.05) is 17.0 Å². The molecule has 2 fully saturated rings. The summed E-state index contributed by atoms with van der Waals surface area (Å²) in [7, 11) is 0. The molecule has 5 nitrogen and oxygen atoms in total. The van der Waals surface area contributed by atoms with E-state index in [2.05, 4.69) is 34.5 Å². The second kappa shape index (κ2) is 7.28. The highest BCUT2D eigenvalue weighted by Crippen LogP contribution is 2.50. The number of amides is 2. The molecular weight excluding hydrogens is 350 g/mol. The number of urea groups is 1. The minimum Gasteiger partial charge on any atom is -0.468 e. The van der Waals surface area contributed by atoms with E-state index in [0.29, 0.717) is 6.04 Å². The van der Waals surface area contributed by atoms with Crippen molar-refractivity contribution in [1.82, 2.24) is 15.1 Å². The maximum Gasteiger partial charge on any atom is 0.319 e. The lowest BCUT2D eigenvalue weighted by Crippen LogP contribution is -2.49. The van der Waals surface area contributed by atoms with E-state index in [1.54, 1.807) is 6.26 Å². The van der Waals surface area contributed by atoms with Crippen molar-refractivity contribution < 1.29 is 9.21 Å². The monoisotopic (exact) mass is 379 g/mol. The van der Waals surface area contributed by atoms with Crippen molar-refractivity contribution in [2.24, 2.45) is 0 Å². The molecule has 2 saturated heterocycles. The topological polar surface area (TPSA) is 48.7 Å². The molecule has 1 aromatic carbocycles. The number of fused-ring (bicyclic) bond motifs is 2. The number of rotatable bonds is 3. The molecule has 2 amide bonds. The molecule has 0 unspecified atom stereocenters. The van der Waals surface area contributed by atoms with Gasteiger partial charge in [-0.05, 0) is 55.4 Å². The third-order valence-electron chi connectivity index (χ3n) is 6.97. The first kappa shape index (κ1) is 17.8. The van der Waals surface area contributed by atoms with Gasteiger partial charge in [0.1, 0.15) is 5.76 Å². The second-order valence-electron chi connectivity index (χ2n) is 8.55. The molecule has 2 aromatic rings. The smallest absolute Gasteiger partial charge is 0.319 e. The Hall–Kier alpha value is -2.27. The molecule has 3 aliphatic rings. The Morgan fingerprint density at radius 2 is 1.79 bits per heavy atom. The van der Waals surface area contributed by atoms with Crippen LogP contribution in [0.1, 0.15) is 55.0 Å². The summed E-state index contributed by atoms with van der Waals surface area (Å²) in [5, 5.41) is 3.71. The fourth-order valence-corrected chi connectivity index (χ4v) is 5.42. The summed E-state index contributed by atoms with van der Waals surface area (Å²) in [4.78, 5) is 16.9. The first-order valence-corrected chi connectivity index (χ1v) is 10.6. The Bertz CT molecular complexity index is 818. The van der Waals surface area contributed by atoms with Crippen LogP contribution >= 0.6 is 0 Å². The lowest BCUT2D eigenvalue weighted by atomic mass is 9.73. The van der Waals surface area contributed by atoms with Crippen LogP contribution in [0.5, 0.6) is 0 Å². The molecule has 1 spiro atoms. The summed E-state index contributed by atoms with van der Waals surface area (Å²) in [5.41, 5.74) is 3.10. The van der Waals surface area contributed by atoms with Gasteiger partial charge in [-0.15, -0.1) is 0 Å². The van der Waals surface area contributed by atoms with Crippen LogP contribution in [0.15, 0.2) is 47.1 Å². The van der Waals surface area contributed by atoms with Gasteiger partial charge in [0, 0.05) is 37.6 Å². The fourth-order valence-electron chi connectivity index (χ4n) is 5.42. The number of nitrogens with zero attached hydrogens (tertiary/aromatic N) is 2. The van der Waals surface area contributed by atoms with Crippen LogP contribution in [0.25, 0.3) is 0 Å². The third kappa shape index (κ3) is 3.12. The number of likely N-dealkylation sites (tertiary alicyclic amines) is 2. The number of nitrogens with one attached hydrogen (secondary N) is 1. The molecule has 3 heterocycles. The first-order valence-electron chi connectivity index (χ1n) is 10.6. The van der Waals surface area contributed by atoms with Crippen LogP contribution in [0, 0.1) is 0 Å². The molecule has 1 aliphatic carbocycles. The standard InChI is InChI=1S/C23H29N3O2/c27-22(25-11-3-4-12-25)26-13-9-23(10-14-26)16-21(19-7-1-2-8-20(19)23)24-17-18-6-5-15-28-18/h1-2,5-8,15,21,24H,3-4,9-14,16-17H2/t21-/m1/s1. The summed E-state index contributed by atoms with van der Waals surface area (Å²) < 4.78 is 5.50. The van der Waals surface area contributed by atoms with Gasteiger partial charge in [-0.3, -0.25) is 0 Å². The summed E-state index contributed by atoms with van der Waals surface area (Å²) in [6, 6.07) is 13.4. The van der Waals surface area contributed by atoms with Crippen molar-refractivity contribution >= 4 is 6.03 Å². The third-order valence-corrected chi connectivity index (χ3v) is 6.97. The van der Waals surface area contributed by atoms with E-state index in [4.69, 9.17) is 4.42 Å². The Morgan fingerprint density at radius 1 is 1.04 bits per heavy atom. The van der Waals surface area contributed by atoms with Crippen LogP contribution < -0.4 is 5.32 Å². The number of carbonyl (C=O) groups is 1. The minimum atomic E-state index is 0.194. The number of hydrogen-bond acceptors (Lipinski definition) is 3. The minimum absolute atomic E-state index is 0.194. The number of piperidine rings is 1. The average molecular weight is 380 g/mol. The first-order chi connectivity index (χ1) is 13.8. The van der Waals surface area contributed by atoms with E-state index in [-0.39, 0.29) is 11.4 Å². The summed E-state index contributed by atoms with van der Waals surface area (Å²) in [6.07, 6.45) is 7.26. The highest BCUT2D eigenvalue weighted by Gasteiger charge is 2.46. The average Bonchev–Trinajstić information content (AvgIpc) is 3.49. The number of hydrogen-bond donors (Lipinski definition) is 1. The molecule has 5 heteroatoms. The summed E-state index contributed by atoms with van der Waals surface area (Å²) >= 11 is 0. The lowest BCUT2D eigenvalue weighted by molar-refractivity contribution is 0.128. The van der Waals surface area contributed by atoms with Crippen LogP contribution in [-0.2, 0) is 12.0 Å². The van der Waals surface area contributed by atoms with Crippen molar-refractivity contribution in [2.45, 2.75) is 50.1 Å². The molecule has 5 rings (SSSR count). The molecule has 1 atom stereocenters. The van der Waals surface area contributed by atoms with Crippen LogP contribution in [0.2, 0.25) is 0 Å². The van der Waals surface area contributed by atoms with E-state index in [0.717, 1.165) is 70.6 Å². The predicted molar refractivity (Wildman–Crippen MR) is 108 cm³/mol. The second-order valence-corrected chi connectivity index (χ2v) is 8.55. The highest BCUT2D eigenvalue weighted by atomic mass is 16.3. The van der Waals surface area contributed by atoms with Gasteiger partial charge in [-0.25, -0.2) is 4.79 Å². The summed E-state index contributed by atoms with van der Waals surface area (Å²) in [6.45, 7) is 4.36. The van der Waals surface area contributed by atoms with Crippen molar-refractivity contribution in [3.05, 3.63) is 59.5 Å². The quantitative estimate of drug-likeness (QED) is 0.875. The zero-order valence-electron chi connectivity index (χ0n) is 16.4. The largest absolute Gasteiger partial charge is 0.468 e. The van der Waals surface area contributed by atoms with E-state index in [1.165, 1.54) is 11.1 Å². The van der Waals surface area contributed by atoms with Crippen LogP contribution in [0.4, 0.5) is 4.79 Å². The lowest BCUT2D eigenvalue weighted by Gasteiger charge is -2.41. The zero-order chi connectivity index (χ0) is 19.0. The molecule has 0 radical (unpaired) electrons. The predicted octanol–water partition coefficient (Wildman–Crippen LogP) is 4.06. The molecule has 1 aromatic heterocycles. The number of furan rings is 1. The number of carbonyl (C=O) groups excluding carboxylic acids is 1. The molecule has 148 valence electrons. The Kier molecular flexibility index (Phi) is 4.63. The van der Waals surface area contributed by atoms with Crippen molar-refractivity contribution in [3.8, 4) is 0 Å². The fraction of sp³-hybridized carbons (Fsp3) is 0.522. The van der Waals surface area contributed by atoms with Crippen LogP contribution in [0.3, 0.4) is 0 Å². The highest BCUT2D eigenvalue weighted by molar-refractivity contribution is 5.75. The number of benzene rings is 1. The maximum atomic E-state index is 12.8. The molecule has 0 bridgehead atoms. The normalized spacial score (nSPS) is 23.4. The van der Waals surface area contributed by atoms with Gasteiger partial charge in [0.25, 0.3) is 0 Å². The molecular formula is C23H29N3O2. The van der Waals surface area contributed by atoms with E-state index < -0.39 is 0 Å². The Balaban J connectivity index is 1.29. The van der Waals surface area contributed by atoms with E-state index >= 15 is 0 Å². The molecule has 2 aliphatic heterocycles. The van der Waals surface area contributed by atoms with Crippen LogP contribution in [-0.4, -0.2) is 42.0 Å². The SMILES string of the molecule is O=C(N1CCCC1)N1CCC2(CC1)C[C@@H](NCc1ccco1)c1ccccc12. The molecule has 1 N–H and O–H groups in total. The molecule has 0 saturated carbocycles. The molecule has 28 heavy (non-hydrogen) atoms.